The average molecular weight is 299 g/mol. The van der Waals surface area contributed by atoms with Gasteiger partial charge in [0.05, 0.1) is 6.61 Å². The number of nitrogens with one attached hydrogen (secondary N) is 1. The normalized spacial score (nSPS) is 12.9. The molecule has 0 radical (unpaired) electrons. The summed E-state index contributed by atoms with van der Waals surface area (Å²) in [7, 11) is 0. The molecular formula is C11H15BrN4O. The second kappa shape index (κ2) is 5.46. The Labute approximate surface area is 108 Å². The van der Waals surface area contributed by atoms with Gasteiger partial charge in [-0.3, -0.25) is 0 Å². The van der Waals surface area contributed by atoms with Crippen LogP contribution in [-0.2, 0) is 4.74 Å². The van der Waals surface area contributed by atoms with E-state index in [0.29, 0.717) is 12.6 Å². The molecule has 0 aliphatic heterocycles. The third kappa shape index (κ3) is 3.17. The Morgan fingerprint density at radius 3 is 3.12 bits per heavy atom. The molecule has 2 aromatic rings. The number of pyridine rings is 1. The van der Waals surface area contributed by atoms with E-state index in [1.165, 1.54) is 0 Å². The lowest BCUT2D eigenvalue weighted by Crippen LogP contribution is -2.22. The molecule has 2 aromatic heterocycles. The number of fused-ring (bicyclic) bond motifs is 1. The van der Waals surface area contributed by atoms with Crippen LogP contribution in [0.25, 0.3) is 5.65 Å². The summed E-state index contributed by atoms with van der Waals surface area (Å²) in [6, 6.07) is 4.04. The predicted molar refractivity (Wildman–Crippen MR) is 70.3 cm³/mol. The number of halogens is 1. The zero-order valence-corrected chi connectivity index (χ0v) is 11.4. The average Bonchev–Trinajstić information content (AvgIpc) is 2.67. The molecule has 5 nitrogen and oxygen atoms in total. The summed E-state index contributed by atoms with van der Waals surface area (Å²) in [6.07, 6.45) is 1.88. The standard InChI is InChI=1S/C11H15BrN4O/c1-3-17-7-8(2)13-11-14-10-5-4-9(12)6-16(10)15-11/h4-6,8H,3,7H2,1-2H3,(H,13,15). The molecule has 2 rings (SSSR count). The van der Waals surface area contributed by atoms with Crippen molar-refractivity contribution in [3.05, 3.63) is 22.8 Å². The second-order valence-electron chi connectivity index (χ2n) is 3.79. The van der Waals surface area contributed by atoms with Crippen molar-refractivity contribution in [3.63, 3.8) is 0 Å². The maximum atomic E-state index is 5.33. The Hall–Kier alpha value is -1.14. The number of ether oxygens (including phenoxy) is 1. The summed E-state index contributed by atoms with van der Waals surface area (Å²) in [5.74, 6) is 0.621. The number of rotatable bonds is 5. The minimum atomic E-state index is 0.191. The van der Waals surface area contributed by atoms with Crippen LogP contribution in [0, 0.1) is 0 Å². The maximum Gasteiger partial charge on any atom is 0.243 e. The molecule has 0 bridgehead atoms. The highest BCUT2D eigenvalue weighted by atomic mass is 79.9. The van der Waals surface area contributed by atoms with Gasteiger partial charge in [0.15, 0.2) is 5.65 Å². The number of anilines is 1. The van der Waals surface area contributed by atoms with Crippen LogP contribution in [0.15, 0.2) is 22.8 Å². The van der Waals surface area contributed by atoms with Crippen LogP contribution in [0.3, 0.4) is 0 Å². The molecule has 6 heteroatoms. The molecule has 0 amide bonds. The first kappa shape index (κ1) is 12.3. The predicted octanol–water partition coefficient (Wildman–Crippen LogP) is 2.33. The molecule has 2 heterocycles. The fraction of sp³-hybridized carbons (Fsp3) is 0.455. The Morgan fingerprint density at radius 2 is 2.35 bits per heavy atom. The minimum absolute atomic E-state index is 0.191. The third-order valence-electron chi connectivity index (χ3n) is 2.24. The molecule has 1 N–H and O–H groups in total. The molecule has 0 saturated carbocycles. The first-order valence-electron chi connectivity index (χ1n) is 5.55. The van der Waals surface area contributed by atoms with Gasteiger partial charge in [-0.15, -0.1) is 5.10 Å². The van der Waals surface area contributed by atoms with Crippen molar-refractivity contribution < 1.29 is 4.74 Å². The minimum Gasteiger partial charge on any atom is -0.380 e. The summed E-state index contributed by atoms with van der Waals surface area (Å²) >= 11 is 3.40. The molecule has 0 aliphatic carbocycles. The molecule has 92 valence electrons. The van der Waals surface area contributed by atoms with Gasteiger partial charge in [-0.1, -0.05) is 0 Å². The molecular weight excluding hydrogens is 284 g/mol. The Morgan fingerprint density at radius 1 is 1.53 bits per heavy atom. The van der Waals surface area contributed by atoms with Crippen molar-refractivity contribution in [1.29, 1.82) is 0 Å². The molecule has 17 heavy (non-hydrogen) atoms. The lowest BCUT2D eigenvalue weighted by molar-refractivity contribution is 0.141. The first-order valence-corrected chi connectivity index (χ1v) is 6.34. The highest BCUT2D eigenvalue weighted by Crippen LogP contribution is 2.12. The summed E-state index contributed by atoms with van der Waals surface area (Å²) in [5.41, 5.74) is 0.819. The lowest BCUT2D eigenvalue weighted by Gasteiger charge is -2.11. The fourth-order valence-electron chi connectivity index (χ4n) is 1.48. The van der Waals surface area contributed by atoms with E-state index in [9.17, 15) is 0 Å². The monoisotopic (exact) mass is 298 g/mol. The van der Waals surface area contributed by atoms with Gasteiger partial charge in [0.25, 0.3) is 0 Å². The Balaban J connectivity index is 2.08. The summed E-state index contributed by atoms with van der Waals surface area (Å²) in [5, 5.41) is 7.53. The molecule has 0 saturated heterocycles. The van der Waals surface area contributed by atoms with Gasteiger partial charge in [0, 0.05) is 23.3 Å². The van der Waals surface area contributed by atoms with Gasteiger partial charge >= 0.3 is 0 Å². The van der Waals surface area contributed by atoms with Crippen molar-refractivity contribution >= 4 is 27.5 Å². The zero-order chi connectivity index (χ0) is 12.3. The summed E-state index contributed by atoms with van der Waals surface area (Å²) in [6.45, 7) is 5.39. The molecule has 1 unspecified atom stereocenters. The van der Waals surface area contributed by atoms with Crippen molar-refractivity contribution in [1.82, 2.24) is 14.6 Å². The van der Waals surface area contributed by atoms with Gasteiger partial charge in [-0.05, 0) is 41.9 Å². The van der Waals surface area contributed by atoms with E-state index >= 15 is 0 Å². The SMILES string of the molecule is CCOCC(C)Nc1nc2ccc(Br)cn2n1. The smallest absolute Gasteiger partial charge is 0.243 e. The van der Waals surface area contributed by atoms with Crippen molar-refractivity contribution in [2.75, 3.05) is 18.5 Å². The topological polar surface area (TPSA) is 51.5 Å². The van der Waals surface area contributed by atoms with E-state index in [0.717, 1.165) is 16.7 Å². The van der Waals surface area contributed by atoms with Crippen LogP contribution in [0.4, 0.5) is 5.95 Å². The third-order valence-corrected chi connectivity index (χ3v) is 2.71. The van der Waals surface area contributed by atoms with Gasteiger partial charge in [0.1, 0.15) is 0 Å². The number of hydrogen-bond donors (Lipinski definition) is 1. The van der Waals surface area contributed by atoms with Crippen LogP contribution in [-0.4, -0.2) is 33.9 Å². The quantitative estimate of drug-likeness (QED) is 0.920. The Bertz CT molecular complexity index is 499. The fourth-order valence-corrected chi connectivity index (χ4v) is 1.80. The second-order valence-corrected chi connectivity index (χ2v) is 4.71. The van der Waals surface area contributed by atoms with Gasteiger partial charge in [-0.2, -0.15) is 4.98 Å². The van der Waals surface area contributed by atoms with Crippen LogP contribution in [0.2, 0.25) is 0 Å². The van der Waals surface area contributed by atoms with Crippen molar-refractivity contribution in [3.8, 4) is 0 Å². The zero-order valence-electron chi connectivity index (χ0n) is 9.85. The molecule has 0 fully saturated rings. The lowest BCUT2D eigenvalue weighted by atomic mass is 10.4. The number of nitrogens with zero attached hydrogens (tertiary/aromatic N) is 3. The molecule has 0 aromatic carbocycles. The van der Waals surface area contributed by atoms with E-state index in [1.54, 1.807) is 4.52 Å². The number of hydrogen-bond acceptors (Lipinski definition) is 4. The molecule has 0 spiro atoms. The first-order chi connectivity index (χ1) is 8.19. The van der Waals surface area contributed by atoms with Crippen molar-refractivity contribution in [2.24, 2.45) is 0 Å². The van der Waals surface area contributed by atoms with Gasteiger partial charge in [-0.25, -0.2) is 4.52 Å². The highest BCUT2D eigenvalue weighted by molar-refractivity contribution is 9.10. The van der Waals surface area contributed by atoms with Crippen LogP contribution >= 0.6 is 15.9 Å². The molecule has 0 aliphatic rings. The van der Waals surface area contributed by atoms with E-state index < -0.39 is 0 Å². The van der Waals surface area contributed by atoms with E-state index in [2.05, 4.69) is 31.3 Å². The van der Waals surface area contributed by atoms with Crippen LogP contribution in [0.5, 0.6) is 0 Å². The van der Waals surface area contributed by atoms with Crippen LogP contribution < -0.4 is 5.32 Å². The largest absolute Gasteiger partial charge is 0.380 e. The van der Waals surface area contributed by atoms with Gasteiger partial charge in [0.2, 0.25) is 5.95 Å². The van der Waals surface area contributed by atoms with Crippen molar-refractivity contribution in [2.45, 2.75) is 19.9 Å². The number of aromatic nitrogens is 3. The van der Waals surface area contributed by atoms with E-state index in [-0.39, 0.29) is 6.04 Å². The van der Waals surface area contributed by atoms with Crippen LogP contribution in [0.1, 0.15) is 13.8 Å². The highest BCUT2D eigenvalue weighted by Gasteiger charge is 2.07. The summed E-state index contributed by atoms with van der Waals surface area (Å²) < 4.78 is 8.04. The van der Waals surface area contributed by atoms with E-state index in [1.807, 2.05) is 32.2 Å². The van der Waals surface area contributed by atoms with Gasteiger partial charge < -0.3 is 10.1 Å². The molecule has 1 atom stereocenters. The van der Waals surface area contributed by atoms with E-state index in [4.69, 9.17) is 4.74 Å². The summed E-state index contributed by atoms with van der Waals surface area (Å²) in [4.78, 5) is 4.37. The maximum absolute atomic E-state index is 5.33. The Kier molecular flexibility index (Phi) is 3.96.